The van der Waals surface area contributed by atoms with Gasteiger partial charge in [-0.2, -0.15) is 5.10 Å². The third kappa shape index (κ3) is 4.62. The molecule has 0 atom stereocenters. The van der Waals surface area contributed by atoms with E-state index >= 15 is 0 Å². The number of hydrogen-bond donors (Lipinski definition) is 1. The lowest BCUT2D eigenvalue weighted by atomic mass is 10.1. The van der Waals surface area contributed by atoms with Gasteiger partial charge in [0.1, 0.15) is 0 Å². The molecule has 0 unspecified atom stereocenters. The lowest BCUT2D eigenvalue weighted by molar-refractivity contribution is -0.120. The number of benzene rings is 2. The SMILES string of the molecule is COc1ccc(CCNC(=O)Cc2nn(C(C)C)c(=O)c3ccccc23)cc1OC. The minimum Gasteiger partial charge on any atom is -0.493 e. The fourth-order valence-corrected chi connectivity index (χ4v) is 3.35. The van der Waals surface area contributed by atoms with Crippen molar-refractivity contribution in [2.75, 3.05) is 20.8 Å². The number of amides is 1. The fraction of sp³-hybridized carbons (Fsp3) is 0.348. The zero-order valence-corrected chi connectivity index (χ0v) is 17.8. The molecule has 0 spiro atoms. The maximum atomic E-state index is 12.6. The molecule has 0 saturated heterocycles. The maximum Gasteiger partial charge on any atom is 0.274 e. The number of ether oxygens (including phenoxy) is 2. The lowest BCUT2D eigenvalue weighted by Gasteiger charge is -2.13. The Morgan fingerprint density at radius 2 is 1.77 bits per heavy atom. The maximum absolute atomic E-state index is 12.6. The summed E-state index contributed by atoms with van der Waals surface area (Å²) in [4.78, 5) is 25.2. The van der Waals surface area contributed by atoms with Crippen molar-refractivity contribution < 1.29 is 14.3 Å². The summed E-state index contributed by atoms with van der Waals surface area (Å²) in [6.45, 7) is 4.28. The summed E-state index contributed by atoms with van der Waals surface area (Å²) in [5.74, 6) is 1.19. The first-order valence-corrected chi connectivity index (χ1v) is 9.92. The van der Waals surface area contributed by atoms with Gasteiger partial charge in [-0.15, -0.1) is 0 Å². The molecule has 30 heavy (non-hydrogen) atoms. The molecule has 0 aliphatic rings. The van der Waals surface area contributed by atoms with Gasteiger partial charge in [0.25, 0.3) is 5.56 Å². The van der Waals surface area contributed by atoms with E-state index in [4.69, 9.17) is 9.47 Å². The number of nitrogens with zero attached hydrogens (tertiary/aromatic N) is 2. The van der Waals surface area contributed by atoms with Gasteiger partial charge in [0.05, 0.1) is 37.8 Å². The van der Waals surface area contributed by atoms with Crippen LogP contribution < -0.4 is 20.3 Å². The van der Waals surface area contributed by atoms with Gasteiger partial charge >= 0.3 is 0 Å². The van der Waals surface area contributed by atoms with E-state index in [1.54, 1.807) is 20.3 Å². The molecule has 1 amide bonds. The molecule has 7 nitrogen and oxygen atoms in total. The topological polar surface area (TPSA) is 82.5 Å². The number of carbonyl (C=O) groups excluding carboxylic acids is 1. The van der Waals surface area contributed by atoms with Crippen LogP contribution in [0.3, 0.4) is 0 Å². The van der Waals surface area contributed by atoms with E-state index in [0.29, 0.717) is 35.5 Å². The van der Waals surface area contributed by atoms with Crippen LogP contribution in [0.1, 0.15) is 31.1 Å². The fourth-order valence-electron chi connectivity index (χ4n) is 3.35. The van der Waals surface area contributed by atoms with Gasteiger partial charge in [0.2, 0.25) is 5.91 Å². The number of methoxy groups -OCH3 is 2. The standard InChI is InChI=1S/C23H27N3O4/c1-15(2)26-23(28)18-8-6-5-7-17(18)19(25-26)14-22(27)24-12-11-16-9-10-20(29-3)21(13-16)30-4/h5-10,13,15H,11-12,14H2,1-4H3,(H,24,27). The van der Waals surface area contributed by atoms with Crippen LogP contribution in [0.5, 0.6) is 11.5 Å². The molecule has 0 fully saturated rings. The second kappa shape index (κ2) is 9.43. The van der Waals surface area contributed by atoms with Crippen molar-refractivity contribution in [3.05, 3.63) is 64.1 Å². The predicted molar refractivity (Wildman–Crippen MR) is 116 cm³/mol. The average Bonchev–Trinajstić information content (AvgIpc) is 2.75. The molecule has 3 rings (SSSR count). The number of fused-ring (bicyclic) bond motifs is 1. The van der Waals surface area contributed by atoms with Crippen LogP contribution in [0.15, 0.2) is 47.3 Å². The van der Waals surface area contributed by atoms with Crippen LogP contribution in [0.25, 0.3) is 10.8 Å². The van der Waals surface area contributed by atoms with E-state index in [1.165, 1.54) is 4.68 Å². The zero-order valence-electron chi connectivity index (χ0n) is 17.8. The molecule has 2 aromatic carbocycles. The monoisotopic (exact) mass is 409 g/mol. The van der Waals surface area contributed by atoms with Crippen molar-refractivity contribution in [2.45, 2.75) is 32.7 Å². The Hall–Kier alpha value is -3.35. The molecular formula is C23H27N3O4. The summed E-state index contributed by atoms with van der Waals surface area (Å²) < 4.78 is 12.0. The molecule has 158 valence electrons. The number of aromatic nitrogens is 2. The van der Waals surface area contributed by atoms with Crippen LogP contribution in [0.4, 0.5) is 0 Å². The molecule has 0 radical (unpaired) electrons. The van der Waals surface area contributed by atoms with Crippen molar-refractivity contribution >= 4 is 16.7 Å². The van der Waals surface area contributed by atoms with Crippen molar-refractivity contribution in [2.24, 2.45) is 0 Å². The first kappa shape index (κ1) is 21.4. The van der Waals surface area contributed by atoms with E-state index in [9.17, 15) is 9.59 Å². The smallest absolute Gasteiger partial charge is 0.274 e. The van der Waals surface area contributed by atoms with Crippen LogP contribution in [-0.4, -0.2) is 36.5 Å². The minimum atomic E-state index is -0.141. The summed E-state index contributed by atoms with van der Waals surface area (Å²) in [6.07, 6.45) is 0.769. The van der Waals surface area contributed by atoms with E-state index in [2.05, 4.69) is 10.4 Å². The molecule has 7 heteroatoms. The van der Waals surface area contributed by atoms with Crippen LogP contribution in [-0.2, 0) is 17.6 Å². The Bertz CT molecular complexity index is 1110. The van der Waals surface area contributed by atoms with E-state index in [0.717, 1.165) is 10.9 Å². The van der Waals surface area contributed by atoms with Gasteiger partial charge in [0.15, 0.2) is 11.5 Å². The molecule has 1 aromatic heterocycles. The molecule has 0 aliphatic carbocycles. The average molecular weight is 409 g/mol. The summed E-state index contributed by atoms with van der Waals surface area (Å²) in [7, 11) is 3.19. The zero-order chi connectivity index (χ0) is 21.7. The van der Waals surface area contributed by atoms with Gasteiger partial charge in [-0.1, -0.05) is 24.3 Å². The second-order valence-corrected chi connectivity index (χ2v) is 7.30. The van der Waals surface area contributed by atoms with E-state index in [-0.39, 0.29) is 23.9 Å². The molecule has 0 bridgehead atoms. The van der Waals surface area contributed by atoms with E-state index in [1.807, 2.05) is 50.2 Å². The van der Waals surface area contributed by atoms with Crippen molar-refractivity contribution in [1.29, 1.82) is 0 Å². The summed E-state index contributed by atoms with van der Waals surface area (Å²) >= 11 is 0. The van der Waals surface area contributed by atoms with Crippen molar-refractivity contribution in [3.8, 4) is 11.5 Å². The lowest BCUT2D eigenvalue weighted by Crippen LogP contribution is -2.30. The van der Waals surface area contributed by atoms with Crippen LogP contribution in [0, 0.1) is 0 Å². The largest absolute Gasteiger partial charge is 0.493 e. The Kier molecular flexibility index (Phi) is 6.72. The first-order chi connectivity index (χ1) is 14.4. The highest BCUT2D eigenvalue weighted by molar-refractivity contribution is 5.88. The predicted octanol–water partition coefficient (Wildman–Crippen LogP) is 2.90. The van der Waals surface area contributed by atoms with Crippen molar-refractivity contribution in [1.82, 2.24) is 15.1 Å². The van der Waals surface area contributed by atoms with Gasteiger partial charge in [-0.3, -0.25) is 9.59 Å². The van der Waals surface area contributed by atoms with Gasteiger partial charge < -0.3 is 14.8 Å². The first-order valence-electron chi connectivity index (χ1n) is 9.92. The normalized spacial score (nSPS) is 11.0. The molecular weight excluding hydrogens is 382 g/mol. The molecule has 0 aliphatic heterocycles. The van der Waals surface area contributed by atoms with Gasteiger partial charge in [0, 0.05) is 11.9 Å². The quantitative estimate of drug-likeness (QED) is 0.619. The van der Waals surface area contributed by atoms with Gasteiger partial charge in [-0.05, 0) is 44.0 Å². The highest BCUT2D eigenvalue weighted by atomic mass is 16.5. The van der Waals surface area contributed by atoms with Crippen molar-refractivity contribution in [3.63, 3.8) is 0 Å². The highest BCUT2D eigenvalue weighted by Crippen LogP contribution is 2.27. The number of nitrogens with one attached hydrogen (secondary N) is 1. The Labute approximate surface area is 175 Å². The third-order valence-electron chi connectivity index (χ3n) is 4.91. The molecule has 1 heterocycles. The summed E-state index contributed by atoms with van der Waals surface area (Å²) in [6, 6.07) is 12.9. The summed E-state index contributed by atoms with van der Waals surface area (Å²) in [5, 5.41) is 8.69. The molecule has 0 saturated carbocycles. The second-order valence-electron chi connectivity index (χ2n) is 7.30. The number of hydrogen-bond acceptors (Lipinski definition) is 5. The minimum absolute atomic E-state index is 0.0889. The Morgan fingerprint density at radius 3 is 2.43 bits per heavy atom. The van der Waals surface area contributed by atoms with E-state index < -0.39 is 0 Å². The number of carbonyl (C=O) groups is 1. The Balaban J connectivity index is 1.70. The van der Waals surface area contributed by atoms with Crippen LogP contribution in [0.2, 0.25) is 0 Å². The summed E-state index contributed by atoms with van der Waals surface area (Å²) in [5.41, 5.74) is 1.49. The Morgan fingerprint density at radius 1 is 1.07 bits per heavy atom. The third-order valence-corrected chi connectivity index (χ3v) is 4.91. The highest BCUT2D eigenvalue weighted by Gasteiger charge is 2.15. The molecule has 1 N–H and O–H groups in total. The van der Waals surface area contributed by atoms with Crippen LogP contribution >= 0.6 is 0 Å². The number of rotatable bonds is 8. The molecule has 3 aromatic rings. The van der Waals surface area contributed by atoms with Gasteiger partial charge in [-0.25, -0.2) is 4.68 Å².